The molecule has 0 radical (unpaired) electrons. The Labute approximate surface area is 131 Å². The number of methoxy groups -OCH3 is 1. The lowest BCUT2D eigenvalue weighted by Gasteiger charge is -2.10. The largest absolute Gasteiger partial charge is 0.493 e. The van der Waals surface area contributed by atoms with Crippen molar-refractivity contribution in [2.75, 3.05) is 19.0 Å². The standard InChI is InChI=1S/C15H14FN3O4/c1-22-11-6-2-3-7-12(11)23-9-13(20)18-15(21)19-14-10(16)5-4-8-17-14/h2-8H,9H2,1H3,(H2,17,18,19,20,21). The summed E-state index contributed by atoms with van der Waals surface area (Å²) in [6, 6.07) is 8.36. The number of anilines is 1. The molecule has 2 rings (SSSR count). The second-order valence-corrected chi connectivity index (χ2v) is 4.28. The van der Waals surface area contributed by atoms with Crippen LogP contribution < -0.4 is 20.1 Å². The number of carbonyl (C=O) groups is 2. The SMILES string of the molecule is COc1ccccc1OCC(=O)NC(=O)Nc1ncccc1F. The van der Waals surface area contributed by atoms with Gasteiger partial charge in [0, 0.05) is 6.20 Å². The van der Waals surface area contributed by atoms with Crippen molar-refractivity contribution in [3.05, 3.63) is 48.4 Å². The Morgan fingerprint density at radius 3 is 2.61 bits per heavy atom. The number of nitrogens with zero attached hydrogens (tertiary/aromatic N) is 1. The predicted molar refractivity (Wildman–Crippen MR) is 79.8 cm³/mol. The first-order valence-corrected chi connectivity index (χ1v) is 6.57. The highest BCUT2D eigenvalue weighted by molar-refractivity contribution is 6.01. The van der Waals surface area contributed by atoms with Crippen LogP contribution in [0.1, 0.15) is 0 Å². The highest BCUT2D eigenvalue weighted by Crippen LogP contribution is 2.25. The summed E-state index contributed by atoms with van der Waals surface area (Å²) in [5.74, 6) is -0.866. The van der Waals surface area contributed by atoms with Crippen LogP contribution in [-0.2, 0) is 4.79 Å². The third-order valence-electron chi connectivity index (χ3n) is 2.67. The van der Waals surface area contributed by atoms with Gasteiger partial charge in [0.2, 0.25) is 0 Å². The summed E-state index contributed by atoms with van der Waals surface area (Å²) in [7, 11) is 1.47. The molecule has 8 heteroatoms. The van der Waals surface area contributed by atoms with Gasteiger partial charge in [-0.25, -0.2) is 14.2 Å². The Hall–Kier alpha value is -3.16. The summed E-state index contributed by atoms with van der Waals surface area (Å²) < 4.78 is 23.6. The Balaban J connectivity index is 1.85. The van der Waals surface area contributed by atoms with Crippen molar-refractivity contribution < 1.29 is 23.5 Å². The molecule has 1 aromatic heterocycles. The minimum Gasteiger partial charge on any atom is -0.493 e. The number of hydrogen-bond donors (Lipinski definition) is 2. The van der Waals surface area contributed by atoms with E-state index >= 15 is 0 Å². The Kier molecular flexibility index (Phi) is 5.45. The van der Waals surface area contributed by atoms with Gasteiger partial charge in [-0.2, -0.15) is 0 Å². The Morgan fingerprint density at radius 1 is 1.17 bits per heavy atom. The second kappa shape index (κ2) is 7.74. The quantitative estimate of drug-likeness (QED) is 0.879. The maximum Gasteiger partial charge on any atom is 0.327 e. The molecule has 0 aliphatic rings. The van der Waals surface area contributed by atoms with Gasteiger partial charge in [0.05, 0.1) is 7.11 Å². The highest BCUT2D eigenvalue weighted by atomic mass is 19.1. The summed E-state index contributed by atoms with van der Waals surface area (Å²) in [5.41, 5.74) is 0. The number of carbonyl (C=O) groups excluding carboxylic acids is 2. The van der Waals surface area contributed by atoms with Crippen LogP contribution in [0, 0.1) is 5.82 Å². The van der Waals surface area contributed by atoms with E-state index in [0.29, 0.717) is 11.5 Å². The molecule has 0 spiro atoms. The normalized spacial score (nSPS) is 9.83. The first-order chi connectivity index (χ1) is 11.1. The van der Waals surface area contributed by atoms with Gasteiger partial charge >= 0.3 is 6.03 Å². The van der Waals surface area contributed by atoms with E-state index in [4.69, 9.17) is 9.47 Å². The van der Waals surface area contributed by atoms with Gasteiger partial charge in [0.15, 0.2) is 29.7 Å². The number of amides is 3. The number of benzene rings is 1. The molecule has 0 aliphatic heterocycles. The zero-order valence-corrected chi connectivity index (χ0v) is 12.2. The van der Waals surface area contributed by atoms with Crippen LogP contribution in [0.5, 0.6) is 11.5 Å². The summed E-state index contributed by atoms with van der Waals surface area (Å²) in [6.45, 7) is -0.404. The second-order valence-electron chi connectivity index (χ2n) is 4.28. The van der Waals surface area contributed by atoms with Gasteiger partial charge in [0.1, 0.15) is 0 Å². The van der Waals surface area contributed by atoms with Crippen LogP contribution in [0.3, 0.4) is 0 Å². The number of pyridine rings is 1. The average molecular weight is 319 g/mol. The summed E-state index contributed by atoms with van der Waals surface area (Å²) in [4.78, 5) is 26.9. The molecule has 2 aromatic rings. The van der Waals surface area contributed by atoms with E-state index in [0.717, 1.165) is 6.07 Å². The Morgan fingerprint density at radius 2 is 1.91 bits per heavy atom. The van der Waals surface area contributed by atoms with E-state index in [1.54, 1.807) is 24.3 Å². The summed E-state index contributed by atoms with van der Waals surface area (Å²) in [6.07, 6.45) is 1.31. The van der Waals surface area contributed by atoms with Crippen molar-refractivity contribution in [2.45, 2.75) is 0 Å². The first kappa shape index (κ1) is 16.2. The van der Waals surface area contributed by atoms with E-state index in [-0.39, 0.29) is 5.82 Å². The zero-order chi connectivity index (χ0) is 16.7. The number of imide groups is 1. The molecule has 0 saturated heterocycles. The molecule has 3 amide bonds. The number of ether oxygens (including phenoxy) is 2. The number of halogens is 1. The molecule has 0 unspecified atom stereocenters. The zero-order valence-electron chi connectivity index (χ0n) is 12.2. The number of urea groups is 1. The summed E-state index contributed by atoms with van der Waals surface area (Å²) in [5, 5.41) is 4.13. The predicted octanol–water partition coefficient (Wildman–Crippen LogP) is 1.96. The molecule has 0 aliphatic carbocycles. The molecule has 23 heavy (non-hydrogen) atoms. The van der Waals surface area contributed by atoms with Crippen LogP contribution in [0.4, 0.5) is 15.0 Å². The molecule has 7 nitrogen and oxygen atoms in total. The Bertz CT molecular complexity index is 709. The van der Waals surface area contributed by atoms with Gasteiger partial charge in [-0.05, 0) is 24.3 Å². The first-order valence-electron chi connectivity index (χ1n) is 6.57. The monoisotopic (exact) mass is 319 g/mol. The third-order valence-corrected chi connectivity index (χ3v) is 2.67. The van der Waals surface area contributed by atoms with Crippen molar-refractivity contribution in [3.8, 4) is 11.5 Å². The number of rotatable bonds is 5. The van der Waals surface area contributed by atoms with E-state index in [2.05, 4.69) is 10.3 Å². The lowest BCUT2D eigenvalue weighted by atomic mass is 10.3. The molecule has 1 heterocycles. The fraction of sp³-hybridized carbons (Fsp3) is 0.133. The van der Waals surface area contributed by atoms with Crippen LogP contribution in [-0.4, -0.2) is 30.6 Å². The smallest absolute Gasteiger partial charge is 0.327 e. The van der Waals surface area contributed by atoms with Crippen LogP contribution >= 0.6 is 0 Å². The fourth-order valence-electron chi connectivity index (χ4n) is 1.66. The molecule has 1 aromatic carbocycles. The molecule has 0 bridgehead atoms. The van der Waals surface area contributed by atoms with E-state index in [9.17, 15) is 14.0 Å². The maximum atomic E-state index is 13.3. The molecule has 0 atom stereocenters. The minimum absolute atomic E-state index is 0.275. The molecule has 120 valence electrons. The third kappa shape index (κ3) is 4.67. The number of nitrogens with one attached hydrogen (secondary N) is 2. The van der Waals surface area contributed by atoms with E-state index < -0.39 is 24.4 Å². The van der Waals surface area contributed by atoms with Crippen LogP contribution in [0.25, 0.3) is 0 Å². The molecule has 0 fully saturated rings. The van der Waals surface area contributed by atoms with Crippen LogP contribution in [0.15, 0.2) is 42.6 Å². The van der Waals surface area contributed by atoms with Gasteiger partial charge in [-0.15, -0.1) is 0 Å². The van der Waals surface area contributed by atoms with Gasteiger partial charge in [-0.1, -0.05) is 12.1 Å². The van der Waals surface area contributed by atoms with Crippen molar-refractivity contribution in [1.82, 2.24) is 10.3 Å². The molecule has 2 N–H and O–H groups in total. The minimum atomic E-state index is -0.906. The topological polar surface area (TPSA) is 89.5 Å². The van der Waals surface area contributed by atoms with Crippen molar-refractivity contribution in [3.63, 3.8) is 0 Å². The average Bonchev–Trinajstić information content (AvgIpc) is 2.55. The molecular weight excluding hydrogens is 305 g/mol. The van der Waals surface area contributed by atoms with E-state index in [1.807, 2.05) is 5.32 Å². The van der Waals surface area contributed by atoms with Gasteiger partial charge in [0.25, 0.3) is 5.91 Å². The number of aromatic nitrogens is 1. The summed E-state index contributed by atoms with van der Waals surface area (Å²) >= 11 is 0. The van der Waals surface area contributed by atoms with Crippen molar-refractivity contribution >= 4 is 17.8 Å². The lowest BCUT2D eigenvalue weighted by molar-refractivity contribution is -0.121. The van der Waals surface area contributed by atoms with Crippen molar-refractivity contribution in [2.24, 2.45) is 0 Å². The highest BCUT2D eigenvalue weighted by Gasteiger charge is 2.12. The molecule has 0 saturated carbocycles. The number of hydrogen-bond acceptors (Lipinski definition) is 5. The fourth-order valence-corrected chi connectivity index (χ4v) is 1.66. The van der Waals surface area contributed by atoms with Gasteiger partial charge in [-0.3, -0.25) is 15.4 Å². The maximum absolute atomic E-state index is 13.3. The van der Waals surface area contributed by atoms with Gasteiger partial charge < -0.3 is 9.47 Å². The molecular formula is C15H14FN3O4. The van der Waals surface area contributed by atoms with Crippen molar-refractivity contribution in [1.29, 1.82) is 0 Å². The van der Waals surface area contributed by atoms with E-state index in [1.165, 1.54) is 19.4 Å². The lowest BCUT2D eigenvalue weighted by Crippen LogP contribution is -2.37. The number of para-hydroxylation sites is 2. The van der Waals surface area contributed by atoms with Crippen LogP contribution in [0.2, 0.25) is 0 Å².